The second kappa shape index (κ2) is 4.77. The van der Waals surface area contributed by atoms with E-state index < -0.39 is 0 Å². The molecule has 1 heterocycles. The lowest BCUT2D eigenvalue weighted by Gasteiger charge is -2.10. The number of nitrogens with one attached hydrogen (secondary N) is 1. The van der Waals surface area contributed by atoms with Crippen LogP contribution in [0, 0.1) is 6.92 Å². The van der Waals surface area contributed by atoms with Gasteiger partial charge in [-0.2, -0.15) is 5.10 Å². The van der Waals surface area contributed by atoms with Crippen LogP contribution in [0.15, 0.2) is 12.1 Å². The van der Waals surface area contributed by atoms with Crippen LogP contribution in [-0.4, -0.2) is 42.3 Å². The molecule has 0 amide bonds. The van der Waals surface area contributed by atoms with Gasteiger partial charge < -0.3 is 10.2 Å². The second-order valence-electron chi connectivity index (χ2n) is 3.29. The van der Waals surface area contributed by atoms with Gasteiger partial charge in [0.15, 0.2) is 0 Å². The van der Waals surface area contributed by atoms with Gasteiger partial charge in [0.1, 0.15) is 5.82 Å². The Morgan fingerprint density at radius 1 is 1.31 bits per heavy atom. The van der Waals surface area contributed by atoms with Gasteiger partial charge in [0.25, 0.3) is 0 Å². The molecule has 0 saturated carbocycles. The summed E-state index contributed by atoms with van der Waals surface area (Å²) in [6.07, 6.45) is 0. The zero-order chi connectivity index (χ0) is 9.68. The molecule has 4 heteroatoms. The van der Waals surface area contributed by atoms with E-state index in [0.29, 0.717) is 0 Å². The average molecular weight is 180 g/mol. The number of nitrogens with zero attached hydrogens (tertiary/aromatic N) is 3. The minimum absolute atomic E-state index is 0.840. The number of hydrogen-bond donors (Lipinski definition) is 1. The lowest BCUT2D eigenvalue weighted by molar-refractivity contribution is 0.425. The van der Waals surface area contributed by atoms with Crippen molar-refractivity contribution >= 4 is 5.82 Å². The highest BCUT2D eigenvalue weighted by Crippen LogP contribution is 1.99. The number of aryl methyl sites for hydroxylation is 1. The van der Waals surface area contributed by atoms with Crippen molar-refractivity contribution in [3.8, 4) is 0 Å². The lowest BCUT2D eigenvalue weighted by Crippen LogP contribution is -2.21. The fourth-order valence-corrected chi connectivity index (χ4v) is 0.901. The van der Waals surface area contributed by atoms with Crippen LogP contribution in [0.3, 0.4) is 0 Å². The molecule has 0 radical (unpaired) electrons. The summed E-state index contributed by atoms with van der Waals surface area (Å²) < 4.78 is 0. The van der Waals surface area contributed by atoms with Crippen LogP contribution < -0.4 is 5.32 Å². The monoisotopic (exact) mass is 180 g/mol. The minimum atomic E-state index is 0.840. The first-order valence-electron chi connectivity index (χ1n) is 4.37. The van der Waals surface area contributed by atoms with Crippen LogP contribution in [-0.2, 0) is 0 Å². The summed E-state index contributed by atoms with van der Waals surface area (Å²) in [6.45, 7) is 3.82. The Bertz CT molecular complexity index is 242. The Labute approximate surface area is 79.0 Å². The standard InChI is InChI=1S/C9H16N4/c1-8-4-5-9(12-11-8)10-6-7-13(2)3/h4-5H,6-7H2,1-3H3,(H,10,12). The van der Waals surface area contributed by atoms with Gasteiger partial charge in [-0.1, -0.05) is 0 Å². The van der Waals surface area contributed by atoms with Crippen LogP contribution in [0.5, 0.6) is 0 Å². The molecule has 0 aromatic carbocycles. The predicted octanol–water partition coefficient (Wildman–Crippen LogP) is 0.759. The Morgan fingerprint density at radius 2 is 2.08 bits per heavy atom. The maximum atomic E-state index is 4.00. The van der Waals surface area contributed by atoms with Crippen molar-refractivity contribution < 1.29 is 0 Å². The van der Waals surface area contributed by atoms with Crippen LogP contribution >= 0.6 is 0 Å². The third-order valence-corrected chi connectivity index (χ3v) is 1.66. The maximum Gasteiger partial charge on any atom is 0.148 e. The summed E-state index contributed by atoms with van der Waals surface area (Å²) in [7, 11) is 4.09. The average Bonchev–Trinajstić information content (AvgIpc) is 2.08. The summed E-state index contributed by atoms with van der Waals surface area (Å²) >= 11 is 0. The smallest absolute Gasteiger partial charge is 0.148 e. The van der Waals surface area contributed by atoms with Crippen LogP contribution in [0.1, 0.15) is 5.69 Å². The zero-order valence-corrected chi connectivity index (χ0v) is 8.41. The SMILES string of the molecule is Cc1ccc(NCCN(C)C)nn1. The molecular weight excluding hydrogens is 164 g/mol. The predicted molar refractivity (Wildman–Crippen MR) is 53.8 cm³/mol. The minimum Gasteiger partial charge on any atom is -0.367 e. The summed E-state index contributed by atoms with van der Waals surface area (Å²) in [4.78, 5) is 2.12. The first kappa shape index (κ1) is 9.92. The van der Waals surface area contributed by atoms with Crippen LogP contribution in [0.4, 0.5) is 5.82 Å². The van der Waals surface area contributed by atoms with E-state index in [1.54, 1.807) is 0 Å². The number of aromatic nitrogens is 2. The van der Waals surface area contributed by atoms with Gasteiger partial charge >= 0.3 is 0 Å². The van der Waals surface area contributed by atoms with Gasteiger partial charge in [-0.05, 0) is 33.2 Å². The van der Waals surface area contributed by atoms with E-state index in [4.69, 9.17) is 0 Å². The lowest BCUT2D eigenvalue weighted by atomic mass is 10.4. The zero-order valence-electron chi connectivity index (χ0n) is 8.41. The summed E-state index contributed by atoms with van der Waals surface area (Å²) in [5.74, 6) is 0.840. The molecule has 1 aromatic rings. The van der Waals surface area contributed by atoms with E-state index in [-0.39, 0.29) is 0 Å². The Balaban J connectivity index is 2.33. The molecule has 1 rings (SSSR count). The molecule has 0 unspecified atom stereocenters. The molecule has 0 saturated heterocycles. The largest absolute Gasteiger partial charge is 0.367 e. The van der Waals surface area contributed by atoms with E-state index >= 15 is 0 Å². The number of likely N-dealkylation sites (N-methyl/N-ethyl adjacent to an activating group) is 1. The molecule has 1 N–H and O–H groups in total. The summed E-state index contributed by atoms with van der Waals surface area (Å²) in [5.41, 5.74) is 0.943. The fraction of sp³-hybridized carbons (Fsp3) is 0.556. The molecule has 0 bridgehead atoms. The highest BCUT2D eigenvalue weighted by Gasteiger charge is 1.93. The van der Waals surface area contributed by atoms with E-state index in [1.807, 2.05) is 33.2 Å². The van der Waals surface area contributed by atoms with Crippen LogP contribution in [0.2, 0.25) is 0 Å². The molecule has 0 fully saturated rings. The van der Waals surface area contributed by atoms with Crippen molar-refractivity contribution in [2.24, 2.45) is 0 Å². The van der Waals surface area contributed by atoms with E-state index in [2.05, 4.69) is 20.4 Å². The Morgan fingerprint density at radius 3 is 2.62 bits per heavy atom. The van der Waals surface area contributed by atoms with Gasteiger partial charge in [-0.3, -0.25) is 0 Å². The van der Waals surface area contributed by atoms with Crippen LogP contribution in [0.25, 0.3) is 0 Å². The van der Waals surface area contributed by atoms with Crippen molar-refractivity contribution in [1.29, 1.82) is 0 Å². The van der Waals surface area contributed by atoms with Crippen molar-refractivity contribution in [1.82, 2.24) is 15.1 Å². The Hall–Kier alpha value is -1.16. The van der Waals surface area contributed by atoms with Crippen molar-refractivity contribution in [3.05, 3.63) is 17.8 Å². The molecule has 0 aliphatic rings. The third kappa shape index (κ3) is 3.85. The Kier molecular flexibility index (Phi) is 3.64. The van der Waals surface area contributed by atoms with Gasteiger partial charge in [-0.15, -0.1) is 5.10 Å². The molecule has 4 nitrogen and oxygen atoms in total. The first-order valence-corrected chi connectivity index (χ1v) is 4.37. The molecule has 0 spiro atoms. The highest BCUT2D eigenvalue weighted by atomic mass is 15.2. The topological polar surface area (TPSA) is 41.0 Å². The van der Waals surface area contributed by atoms with Gasteiger partial charge in [0, 0.05) is 13.1 Å². The molecule has 0 atom stereocenters. The summed E-state index contributed by atoms with van der Waals surface area (Å²) in [6, 6.07) is 3.89. The number of rotatable bonds is 4. The fourth-order valence-electron chi connectivity index (χ4n) is 0.901. The molecule has 1 aromatic heterocycles. The molecule has 72 valence electrons. The molecule has 0 aliphatic carbocycles. The molecular formula is C9H16N4. The molecule has 13 heavy (non-hydrogen) atoms. The maximum absolute atomic E-state index is 4.00. The first-order chi connectivity index (χ1) is 6.18. The van der Waals surface area contributed by atoms with Crippen molar-refractivity contribution in [2.45, 2.75) is 6.92 Å². The van der Waals surface area contributed by atoms with Gasteiger partial charge in [-0.25, -0.2) is 0 Å². The highest BCUT2D eigenvalue weighted by molar-refractivity contribution is 5.32. The van der Waals surface area contributed by atoms with E-state index in [1.165, 1.54) is 0 Å². The van der Waals surface area contributed by atoms with Gasteiger partial charge in [0.2, 0.25) is 0 Å². The van der Waals surface area contributed by atoms with Gasteiger partial charge in [0.05, 0.1) is 5.69 Å². The van der Waals surface area contributed by atoms with Crippen molar-refractivity contribution in [3.63, 3.8) is 0 Å². The quantitative estimate of drug-likeness (QED) is 0.742. The third-order valence-electron chi connectivity index (χ3n) is 1.66. The molecule has 0 aliphatic heterocycles. The summed E-state index contributed by atoms with van der Waals surface area (Å²) in [5, 5.41) is 11.1. The van der Waals surface area contributed by atoms with E-state index in [9.17, 15) is 0 Å². The number of hydrogen-bond acceptors (Lipinski definition) is 4. The van der Waals surface area contributed by atoms with E-state index in [0.717, 1.165) is 24.6 Å². The normalized spacial score (nSPS) is 10.5. The second-order valence-corrected chi connectivity index (χ2v) is 3.29. The number of anilines is 1. The van der Waals surface area contributed by atoms with Crippen molar-refractivity contribution in [2.75, 3.05) is 32.5 Å².